The second-order valence-corrected chi connectivity index (χ2v) is 18.6. The Morgan fingerprint density at radius 2 is 0.985 bits per heavy atom. The molecule has 0 N–H and O–H groups in total. The van der Waals surface area contributed by atoms with Crippen molar-refractivity contribution in [1.82, 2.24) is 4.57 Å². The van der Waals surface area contributed by atoms with E-state index in [2.05, 4.69) is 268 Å². The third kappa shape index (κ3) is 6.02. The number of nitrogens with zero attached hydrogens (tertiary/aromatic N) is 2. The molecule has 1 aliphatic carbocycles. The number of rotatable bonds is 8. The average Bonchev–Trinajstić information content (AvgIpc) is 3.85. The summed E-state index contributed by atoms with van der Waals surface area (Å²) in [5, 5.41) is 4.91. The Hall–Kier alpha value is -7.94. The van der Waals surface area contributed by atoms with Crippen LogP contribution in [0.2, 0.25) is 0 Å². The van der Waals surface area contributed by atoms with Crippen molar-refractivity contribution in [2.45, 2.75) is 38.5 Å². The Labute approximate surface area is 387 Å². The lowest BCUT2D eigenvalue weighted by molar-refractivity contribution is 0.631. The second kappa shape index (κ2) is 15.4. The molecular weight excluding hydrogens is 797 g/mol. The van der Waals surface area contributed by atoms with Crippen LogP contribution in [0.25, 0.3) is 49.4 Å². The number of para-hydroxylation sites is 1. The van der Waals surface area contributed by atoms with Crippen molar-refractivity contribution in [3.8, 4) is 16.8 Å². The Bertz CT molecular complexity index is 3620. The molecule has 316 valence electrons. The number of aromatic nitrogens is 1. The lowest BCUT2D eigenvalue weighted by Gasteiger charge is -2.35. The van der Waals surface area contributed by atoms with E-state index in [1.54, 1.807) is 0 Å². The van der Waals surface area contributed by atoms with E-state index in [1.807, 2.05) is 0 Å². The quantitative estimate of drug-likeness (QED) is 0.148. The van der Waals surface area contributed by atoms with E-state index in [0.29, 0.717) is 0 Å². The second-order valence-electron chi connectivity index (χ2n) is 18.6. The monoisotopic (exact) mass is 846 g/mol. The molecule has 1 aromatic heterocycles. The molecule has 11 aromatic rings. The summed E-state index contributed by atoms with van der Waals surface area (Å²) < 4.78 is 2.43. The zero-order chi connectivity index (χ0) is 44.6. The first-order valence-electron chi connectivity index (χ1n) is 23.2. The fraction of sp³-hybridized carbons (Fsp3) is 0.0938. The van der Waals surface area contributed by atoms with Gasteiger partial charge in [-0.3, -0.25) is 0 Å². The van der Waals surface area contributed by atoms with Crippen LogP contribution in [0, 0.1) is 13.8 Å². The Morgan fingerprint density at radius 3 is 1.77 bits per heavy atom. The van der Waals surface area contributed by atoms with Crippen LogP contribution in [0.15, 0.2) is 231 Å². The van der Waals surface area contributed by atoms with Crippen LogP contribution in [0.4, 0.5) is 17.1 Å². The number of hydrogen-bond donors (Lipinski definition) is 0. The molecule has 2 nitrogen and oxygen atoms in total. The van der Waals surface area contributed by atoms with Crippen LogP contribution in [-0.4, -0.2) is 4.57 Å². The summed E-state index contributed by atoms with van der Waals surface area (Å²) in [4.78, 5) is 2.49. The van der Waals surface area contributed by atoms with Gasteiger partial charge in [-0.2, -0.15) is 0 Å². The summed E-state index contributed by atoms with van der Waals surface area (Å²) in [6.07, 6.45) is 0. The maximum atomic E-state index is 2.49. The Kier molecular flexibility index (Phi) is 9.22. The molecule has 10 aromatic carbocycles. The van der Waals surface area contributed by atoms with Crippen LogP contribution in [-0.2, 0) is 10.8 Å². The van der Waals surface area contributed by atoms with Gasteiger partial charge in [0.1, 0.15) is 0 Å². The van der Waals surface area contributed by atoms with Crippen molar-refractivity contribution < 1.29 is 0 Å². The Morgan fingerprint density at radius 1 is 0.394 bits per heavy atom. The van der Waals surface area contributed by atoms with Gasteiger partial charge in [0, 0.05) is 38.9 Å². The molecule has 12 rings (SSSR count). The summed E-state index contributed by atoms with van der Waals surface area (Å²) in [6, 6.07) is 85.8. The SMILES string of the molecule is Cc1ccccc1C(C)(C)c1cc(N(c2cccc(C3(c4ccccc4)c4ccccc4-c4ccccc43)c2)c2ccc3c(c2)c2ccccc2n3-c2ccc3ccccc3c2)ccc1C. The third-order valence-corrected chi connectivity index (χ3v) is 14.6. The highest BCUT2D eigenvalue weighted by atomic mass is 15.1. The van der Waals surface area contributed by atoms with Crippen molar-refractivity contribution >= 4 is 49.6 Å². The van der Waals surface area contributed by atoms with Crippen LogP contribution < -0.4 is 4.90 Å². The van der Waals surface area contributed by atoms with Gasteiger partial charge in [-0.1, -0.05) is 184 Å². The van der Waals surface area contributed by atoms with Crippen molar-refractivity contribution in [2.75, 3.05) is 4.90 Å². The van der Waals surface area contributed by atoms with Crippen molar-refractivity contribution in [2.24, 2.45) is 0 Å². The van der Waals surface area contributed by atoms with Crippen molar-refractivity contribution in [3.63, 3.8) is 0 Å². The van der Waals surface area contributed by atoms with Gasteiger partial charge in [0.05, 0.1) is 16.4 Å². The molecule has 0 saturated heterocycles. The topological polar surface area (TPSA) is 8.17 Å². The van der Waals surface area contributed by atoms with Crippen molar-refractivity contribution in [3.05, 3.63) is 275 Å². The number of hydrogen-bond acceptors (Lipinski definition) is 1. The summed E-state index contributed by atoms with van der Waals surface area (Å²) in [6.45, 7) is 9.24. The standard InChI is InChI=1S/C64H50N2/c1-43-19-8-14-29-57(43)63(3,4)60-42-52(35-33-44(60)2)65(51-37-38-62-56(41-51)55-28-13-17-32-61(55)66(62)50-36-34-45-20-9-10-21-46(45)39-50)49-25-18-24-48(40-49)64(47-22-6-5-7-23-47)58-30-15-11-26-53(58)54-27-12-16-31-59(54)64/h5-42H,1-4H3. The molecular formula is C64H50N2. The highest BCUT2D eigenvalue weighted by molar-refractivity contribution is 6.11. The number of fused-ring (bicyclic) bond motifs is 7. The average molecular weight is 847 g/mol. The molecule has 66 heavy (non-hydrogen) atoms. The van der Waals surface area contributed by atoms with Crippen LogP contribution in [0.3, 0.4) is 0 Å². The molecule has 0 unspecified atom stereocenters. The molecule has 1 heterocycles. The fourth-order valence-electron chi connectivity index (χ4n) is 11.6. The van der Waals surface area contributed by atoms with Gasteiger partial charge in [-0.15, -0.1) is 0 Å². The first-order valence-corrected chi connectivity index (χ1v) is 23.2. The molecule has 0 atom stereocenters. The van der Waals surface area contributed by atoms with E-state index in [1.165, 1.54) is 88.2 Å². The minimum absolute atomic E-state index is 0.245. The van der Waals surface area contributed by atoms with Crippen LogP contribution in [0.1, 0.15) is 58.4 Å². The van der Waals surface area contributed by atoms with Gasteiger partial charge in [-0.05, 0) is 141 Å². The van der Waals surface area contributed by atoms with Gasteiger partial charge < -0.3 is 9.47 Å². The van der Waals surface area contributed by atoms with E-state index in [0.717, 1.165) is 22.7 Å². The highest BCUT2D eigenvalue weighted by Gasteiger charge is 2.46. The number of benzene rings is 10. The number of aryl methyl sites for hydroxylation is 2. The maximum Gasteiger partial charge on any atom is 0.0714 e. The predicted octanol–water partition coefficient (Wildman–Crippen LogP) is 16.7. The molecule has 1 aliphatic rings. The first-order chi connectivity index (χ1) is 32.3. The summed E-state index contributed by atoms with van der Waals surface area (Å²) >= 11 is 0. The van der Waals surface area contributed by atoms with Crippen molar-refractivity contribution in [1.29, 1.82) is 0 Å². The molecule has 0 spiro atoms. The lowest BCUT2D eigenvalue weighted by atomic mass is 9.67. The highest BCUT2D eigenvalue weighted by Crippen LogP contribution is 2.57. The fourth-order valence-corrected chi connectivity index (χ4v) is 11.6. The minimum atomic E-state index is -0.529. The van der Waals surface area contributed by atoms with E-state index in [4.69, 9.17) is 0 Å². The summed E-state index contributed by atoms with van der Waals surface area (Å²) in [7, 11) is 0. The van der Waals surface area contributed by atoms with E-state index in [9.17, 15) is 0 Å². The zero-order valence-corrected chi connectivity index (χ0v) is 37.8. The molecule has 2 heteroatoms. The first kappa shape index (κ1) is 39.6. The minimum Gasteiger partial charge on any atom is -0.310 e. The molecule has 0 amide bonds. The molecule has 0 radical (unpaired) electrons. The number of anilines is 3. The van der Waals surface area contributed by atoms with Gasteiger partial charge in [0.15, 0.2) is 0 Å². The molecule has 0 bridgehead atoms. The summed E-state index contributed by atoms with van der Waals surface area (Å²) in [5.74, 6) is 0. The van der Waals surface area contributed by atoms with Gasteiger partial charge >= 0.3 is 0 Å². The van der Waals surface area contributed by atoms with Gasteiger partial charge in [0.25, 0.3) is 0 Å². The van der Waals surface area contributed by atoms with Gasteiger partial charge in [-0.25, -0.2) is 0 Å². The predicted molar refractivity (Wildman–Crippen MR) is 278 cm³/mol. The Balaban J connectivity index is 1.11. The smallest absolute Gasteiger partial charge is 0.0714 e. The maximum absolute atomic E-state index is 2.49. The molecule has 0 aliphatic heterocycles. The van der Waals surface area contributed by atoms with E-state index >= 15 is 0 Å². The van der Waals surface area contributed by atoms with E-state index in [-0.39, 0.29) is 5.41 Å². The van der Waals surface area contributed by atoms with Crippen LogP contribution in [0.5, 0.6) is 0 Å². The van der Waals surface area contributed by atoms with Gasteiger partial charge in [0.2, 0.25) is 0 Å². The molecule has 0 saturated carbocycles. The third-order valence-electron chi connectivity index (χ3n) is 14.6. The van der Waals surface area contributed by atoms with E-state index < -0.39 is 5.41 Å². The zero-order valence-electron chi connectivity index (χ0n) is 37.8. The lowest BCUT2D eigenvalue weighted by Crippen LogP contribution is -2.28. The van der Waals surface area contributed by atoms with Crippen LogP contribution >= 0.6 is 0 Å². The largest absolute Gasteiger partial charge is 0.310 e. The normalized spacial score (nSPS) is 13.0. The molecule has 0 fully saturated rings. The summed E-state index contributed by atoms with van der Waals surface area (Å²) in [5.41, 5.74) is 19.0.